The normalized spacial score (nSPS) is 10.2. The van der Waals surface area contributed by atoms with Crippen LogP contribution in [0.15, 0.2) is 78.9 Å². The van der Waals surface area contributed by atoms with Crippen molar-refractivity contribution in [3.63, 3.8) is 0 Å². The highest BCUT2D eigenvalue weighted by Crippen LogP contribution is 2.22. The molecule has 3 aromatic carbocycles. The Morgan fingerprint density at radius 1 is 0.833 bits per heavy atom. The van der Waals surface area contributed by atoms with Crippen LogP contribution in [-0.4, -0.2) is 4.92 Å². The van der Waals surface area contributed by atoms with Crippen LogP contribution in [0.3, 0.4) is 0 Å². The van der Waals surface area contributed by atoms with E-state index in [0.29, 0.717) is 6.61 Å². The molecule has 0 saturated heterocycles. The Labute approximate surface area is 139 Å². The molecule has 0 aliphatic heterocycles. The second-order valence-corrected chi connectivity index (χ2v) is 5.23. The van der Waals surface area contributed by atoms with Gasteiger partial charge in [-0.15, -0.1) is 0 Å². The minimum atomic E-state index is -0.414. The van der Waals surface area contributed by atoms with Gasteiger partial charge in [0.1, 0.15) is 12.4 Å². The van der Waals surface area contributed by atoms with Crippen molar-refractivity contribution in [3.8, 4) is 5.75 Å². The van der Waals surface area contributed by atoms with Gasteiger partial charge in [0, 0.05) is 23.5 Å². The minimum absolute atomic E-state index is 0.0743. The lowest BCUT2D eigenvalue weighted by atomic mass is 10.2. The van der Waals surface area contributed by atoms with E-state index in [0.717, 1.165) is 22.7 Å². The van der Waals surface area contributed by atoms with Crippen LogP contribution in [0.5, 0.6) is 5.75 Å². The molecule has 0 amide bonds. The Kier molecular flexibility index (Phi) is 4.72. The molecule has 0 aliphatic rings. The zero-order valence-electron chi connectivity index (χ0n) is 12.9. The van der Waals surface area contributed by atoms with Gasteiger partial charge in [0.05, 0.1) is 4.92 Å². The van der Waals surface area contributed by atoms with Crippen molar-refractivity contribution >= 4 is 17.1 Å². The number of hydrogen-bond acceptors (Lipinski definition) is 4. The summed E-state index contributed by atoms with van der Waals surface area (Å²) in [5.41, 5.74) is 2.87. The summed E-state index contributed by atoms with van der Waals surface area (Å²) < 4.78 is 5.74. The predicted molar refractivity (Wildman–Crippen MR) is 93.6 cm³/mol. The van der Waals surface area contributed by atoms with Gasteiger partial charge < -0.3 is 10.1 Å². The van der Waals surface area contributed by atoms with E-state index in [1.807, 2.05) is 54.6 Å². The van der Waals surface area contributed by atoms with E-state index in [1.54, 1.807) is 12.1 Å². The summed E-state index contributed by atoms with van der Waals surface area (Å²) in [7, 11) is 0. The molecule has 0 saturated carbocycles. The molecule has 24 heavy (non-hydrogen) atoms. The van der Waals surface area contributed by atoms with Crippen LogP contribution in [0.4, 0.5) is 17.1 Å². The molecule has 0 bridgehead atoms. The number of hydrogen-bond donors (Lipinski definition) is 1. The molecule has 120 valence electrons. The van der Waals surface area contributed by atoms with Crippen LogP contribution in [0, 0.1) is 10.1 Å². The quantitative estimate of drug-likeness (QED) is 0.517. The van der Waals surface area contributed by atoms with E-state index in [-0.39, 0.29) is 5.69 Å². The zero-order valence-corrected chi connectivity index (χ0v) is 12.9. The fraction of sp³-hybridized carbons (Fsp3) is 0.0526. The maximum Gasteiger partial charge on any atom is 0.269 e. The Balaban J connectivity index is 1.59. The molecule has 5 heteroatoms. The molecule has 3 rings (SSSR count). The number of benzene rings is 3. The molecule has 0 fully saturated rings. The molecule has 0 radical (unpaired) electrons. The van der Waals surface area contributed by atoms with Gasteiger partial charge in [-0.05, 0) is 42.0 Å². The summed E-state index contributed by atoms with van der Waals surface area (Å²) in [5, 5.41) is 13.8. The number of non-ortho nitro benzene ring substituents is 1. The number of nitro groups is 1. The van der Waals surface area contributed by atoms with Crippen molar-refractivity contribution in [1.29, 1.82) is 0 Å². The standard InChI is InChI=1S/C19H16N2O3/c22-21(23)18-10-6-16(7-11-18)20-17-8-12-19(13-9-17)24-14-15-4-2-1-3-5-15/h1-13,20H,14H2. The van der Waals surface area contributed by atoms with Gasteiger partial charge in [-0.3, -0.25) is 10.1 Å². The maximum absolute atomic E-state index is 10.6. The Morgan fingerprint density at radius 2 is 1.42 bits per heavy atom. The van der Waals surface area contributed by atoms with Crippen LogP contribution in [-0.2, 0) is 6.61 Å². The average Bonchev–Trinajstić information content (AvgIpc) is 2.62. The molecular formula is C19H16N2O3. The van der Waals surface area contributed by atoms with Crippen molar-refractivity contribution in [2.45, 2.75) is 6.61 Å². The van der Waals surface area contributed by atoms with Crippen LogP contribution < -0.4 is 10.1 Å². The number of nitro benzene ring substituents is 1. The van der Waals surface area contributed by atoms with E-state index in [4.69, 9.17) is 4.74 Å². The van der Waals surface area contributed by atoms with Crippen molar-refractivity contribution in [2.24, 2.45) is 0 Å². The van der Waals surface area contributed by atoms with Crippen molar-refractivity contribution in [3.05, 3.63) is 94.5 Å². The lowest BCUT2D eigenvalue weighted by Crippen LogP contribution is -1.95. The van der Waals surface area contributed by atoms with Crippen molar-refractivity contribution < 1.29 is 9.66 Å². The minimum Gasteiger partial charge on any atom is -0.489 e. The van der Waals surface area contributed by atoms with Gasteiger partial charge in [-0.1, -0.05) is 30.3 Å². The lowest BCUT2D eigenvalue weighted by Gasteiger charge is -2.09. The van der Waals surface area contributed by atoms with Crippen molar-refractivity contribution in [2.75, 3.05) is 5.32 Å². The lowest BCUT2D eigenvalue weighted by molar-refractivity contribution is -0.384. The summed E-state index contributed by atoms with van der Waals surface area (Å²) in [6.45, 7) is 0.524. The first kappa shape index (κ1) is 15.6. The molecule has 0 aliphatic carbocycles. The molecule has 3 aromatic rings. The number of nitrogens with one attached hydrogen (secondary N) is 1. The van der Waals surface area contributed by atoms with Gasteiger partial charge in [0.2, 0.25) is 0 Å². The van der Waals surface area contributed by atoms with E-state index in [2.05, 4.69) is 5.32 Å². The molecular weight excluding hydrogens is 304 g/mol. The SMILES string of the molecule is O=[N+]([O-])c1ccc(Nc2ccc(OCc3ccccc3)cc2)cc1. The monoisotopic (exact) mass is 320 g/mol. The van der Waals surface area contributed by atoms with Gasteiger partial charge in [-0.25, -0.2) is 0 Å². The van der Waals surface area contributed by atoms with Crippen LogP contribution in [0.25, 0.3) is 0 Å². The van der Waals surface area contributed by atoms with Gasteiger partial charge in [0.15, 0.2) is 0 Å². The first-order chi connectivity index (χ1) is 11.7. The van der Waals surface area contributed by atoms with Crippen LogP contribution in [0.1, 0.15) is 5.56 Å². The third kappa shape index (κ3) is 4.10. The highest BCUT2D eigenvalue weighted by atomic mass is 16.6. The number of anilines is 2. The molecule has 0 heterocycles. The van der Waals surface area contributed by atoms with Crippen LogP contribution in [0.2, 0.25) is 0 Å². The second-order valence-electron chi connectivity index (χ2n) is 5.23. The van der Waals surface area contributed by atoms with Gasteiger partial charge in [0.25, 0.3) is 5.69 Å². The Morgan fingerprint density at radius 3 is 2.00 bits per heavy atom. The van der Waals surface area contributed by atoms with E-state index >= 15 is 0 Å². The van der Waals surface area contributed by atoms with E-state index in [9.17, 15) is 10.1 Å². The summed E-state index contributed by atoms with van der Waals surface area (Å²) >= 11 is 0. The highest BCUT2D eigenvalue weighted by molar-refractivity contribution is 5.61. The fourth-order valence-corrected chi connectivity index (χ4v) is 2.21. The third-order valence-electron chi connectivity index (χ3n) is 3.47. The molecule has 0 aromatic heterocycles. The molecule has 1 N–H and O–H groups in total. The largest absolute Gasteiger partial charge is 0.489 e. The highest BCUT2D eigenvalue weighted by Gasteiger charge is 2.04. The fourth-order valence-electron chi connectivity index (χ4n) is 2.21. The molecule has 5 nitrogen and oxygen atoms in total. The third-order valence-corrected chi connectivity index (χ3v) is 3.47. The molecule has 0 spiro atoms. The van der Waals surface area contributed by atoms with Gasteiger partial charge in [-0.2, -0.15) is 0 Å². The van der Waals surface area contributed by atoms with Gasteiger partial charge >= 0.3 is 0 Å². The molecule has 0 unspecified atom stereocenters. The maximum atomic E-state index is 10.6. The zero-order chi connectivity index (χ0) is 16.8. The van der Waals surface area contributed by atoms with Crippen LogP contribution >= 0.6 is 0 Å². The Hall–Kier alpha value is -3.34. The number of ether oxygens (including phenoxy) is 1. The summed E-state index contributed by atoms with van der Waals surface area (Å²) in [5.74, 6) is 0.785. The molecule has 0 atom stereocenters. The number of nitrogens with zero attached hydrogens (tertiary/aromatic N) is 1. The average molecular weight is 320 g/mol. The Bertz CT molecular complexity index is 800. The first-order valence-corrected chi connectivity index (χ1v) is 7.49. The van der Waals surface area contributed by atoms with E-state index in [1.165, 1.54) is 12.1 Å². The summed E-state index contributed by atoms with van der Waals surface area (Å²) in [6.07, 6.45) is 0. The topological polar surface area (TPSA) is 64.4 Å². The first-order valence-electron chi connectivity index (χ1n) is 7.49. The smallest absolute Gasteiger partial charge is 0.269 e. The number of rotatable bonds is 6. The van der Waals surface area contributed by atoms with E-state index < -0.39 is 4.92 Å². The van der Waals surface area contributed by atoms with Crippen molar-refractivity contribution in [1.82, 2.24) is 0 Å². The second kappa shape index (κ2) is 7.28. The predicted octanol–water partition coefficient (Wildman–Crippen LogP) is 4.92. The summed E-state index contributed by atoms with van der Waals surface area (Å²) in [4.78, 5) is 10.2. The summed E-state index contributed by atoms with van der Waals surface area (Å²) in [6, 6.07) is 23.9.